The summed E-state index contributed by atoms with van der Waals surface area (Å²) in [6, 6.07) is 5.24. The summed E-state index contributed by atoms with van der Waals surface area (Å²) in [5.74, 6) is -0.0551. The molecule has 0 radical (unpaired) electrons. The van der Waals surface area contributed by atoms with Crippen molar-refractivity contribution in [3.63, 3.8) is 0 Å². The molecule has 0 heterocycles. The van der Waals surface area contributed by atoms with E-state index in [9.17, 15) is 4.39 Å². The van der Waals surface area contributed by atoms with Crippen molar-refractivity contribution in [2.75, 3.05) is 12.4 Å². The smallest absolute Gasteiger partial charge is 0.167 e. The van der Waals surface area contributed by atoms with E-state index >= 15 is 0 Å². The Hall–Kier alpha value is -1.25. The summed E-state index contributed by atoms with van der Waals surface area (Å²) < 4.78 is 18.1. The van der Waals surface area contributed by atoms with Crippen molar-refractivity contribution in [2.24, 2.45) is 0 Å². The lowest BCUT2D eigenvalue weighted by molar-refractivity contribution is 0.386. The predicted molar refractivity (Wildman–Crippen MR) is 56.3 cm³/mol. The third-order valence-electron chi connectivity index (χ3n) is 2.18. The molecule has 2 nitrogen and oxygen atoms in total. The van der Waals surface area contributed by atoms with Gasteiger partial charge < -0.3 is 10.1 Å². The maximum atomic E-state index is 13.2. The van der Waals surface area contributed by atoms with E-state index in [1.54, 1.807) is 6.07 Å². The van der Waals surface area contributed by atoms with E-state index in [-0.39, 0.29) is 11.6 Å². The van der Waals surface area contributed by atoms with Crippen molar-refractivity contribution in [2.45, 2.75) is 26.3 Å². The molecule has 3 heteroatoms. The molecule has 0 saturated heterocycles. The highest BCUT2D eigenvalue weighted by atomic mass is 19.1. The van der Waals surface area contributed by atoms with E-state index in [0.29, 0.717) is 6.04 Å². The first-order valence-electron chi connectivity index (χ1n) is 4.77. The van der Waals surface area contributed by atoms with Gasteiger partial charge in [-0.3, -0.25) is 0 Å². The molecule has 14 heavy (non-hydrogen) atoms. The van der Waals surface area contributed by atoms with Gasteiger partial charge in [-0.05, 0) is 25.5 Å². The monoisotopic (exact) mass is 197 g/mol. The van der Waals surface area contributed by atoms with Crippen molar-refractivity contribution in [3.05, 3.63) is 24.0 Å². The summed E-state index contributed by atoms with van der Waals surface area (Å²) in [5, 5.41) is 3.19. The van der Waals surface area contributed by atoms with Gasteiger partial charge >= 0.3 is 0 Å². The molecular formula is C11H16FNO. The first kappa shape index (κ1) is 10.8. The van der Waals surface area contributed by atoms with Crippen LogP contribution in [0.3, 0.4) is 0 Å². The normalized spacial score (nSPS) is 12.3. The number of ether oxygens (including phenoxy) is 1. The summed E-state index contributed by atoms with van der Waals surface area (Å²) in [6.07, 6.45) is 1.01. The van der Waals surface area contributed by atoms with E-state index in [1.807, 2.05) is 6.07 Å². The van der Waals surface area contributed by atoms with Crippen LogP contribution in [0.5, 0.6) is 5.75 Å². The number of rotatable bonds is 4. The number of halogens is 1. The summed E-state index contributed by atoms with van der Waals surface area (Å²) in [5.41, 5.74) is 0.789. The molecule has 0 fully saturated rings. The van der Waals surface area contributed by atoms with Crippen LogP contribution in [-0.2, 0) is 0 Å². The number of nitrogens with one attached hydrogen (secondary N) is 1. The van der Waals surface area contributed by atoms with Crippen LogP contribution in [0, 0.1) is 5.82 Å². The number of methoxy groups -OCH3 is 1. The van der Waals surface area contributed by atoms with E-state index in [2.05, 4.69) is 19.2 Å². The minimum Gasteiger partial charge on any atom is -0.494 e. The van der Waals surface area contributed by atoms with Crippen molar-refractivity contribution in [1.82, 2.24) is 0 Å². The Morgan fingerprint density at radius 2 is 2.21 bits per heavy atom. The van der Waals surface area contributed by atoms with Crippen LogP contribution in [0.25, 0.3) is 0 Å². The summed E-state index contributed by atoms with van der Waals surface area (Å²) in [6.45, 7) is 4.14. The predicted octanol–water partition coefficient (Wildman–Crippen LogP) is 3.04. The van der Waals surface area contributed by atoms with Crippen molar-refractivity contribution in [3.8, 4) is 5.75 Å². The molecule has 1 aromatic rings. The van der Waals surface area contributed by atoms with Gasteiger partial charge in [0.25, 0.3) is 0 Å². The van der Waals surface area contributed by atoms with Crippen LogP contribution in [0.15, 0.2) is 18.2 Å². The highest BCUT2D eigenvalue weighted by molar-refractivity contribution is 5.47. The van der Waals surface area contributed by atoms with Crippen LogP contribution < -0.4 is 10.1 Å². The fourth-order valence-corrected chi connectivity index (χ4v) is 1.14. The Bertz CT molecular complexity index is 301. The van der Waals surface area contributed by atoms with Crippen LogP contribution in [0.1, 0.15) is 20.3 Å². The second kappa shape index (κ2) is 4.84. The number of hydrogen-bond donors (Lipinski definition) is 1. The number of benzene rings is 1. The molecule has 0 aliphatic carbocycles. The molecule has 0 saturated carbocycles. The minimum absolute atomic E-state index is 0.278. The minimum atomic E-state index is -0.333. The van der Waals surface area contributed by atoms with Gasteiger partial charge in [0.05, 0.1) is 7.11 Å². The fourth-order valence-electron chi connectivity index (χ4n) is 1.14. The number of anilines is 1. The van der Waals surface area contributed by atoms with Crippen LogP contribution in [-0.4, -0.2) is 13.2 Å². The van der Waals surface area contributed by atoms with Gasteiger partial charge in [-0.25, -0.2) is 4.39 Å². The van der Waals surface area contributed by atoms with Crippen LogP contribution in [0.2, 0.25) is 0 Å². The maximum absolute atomic E-state index is 13.2. The van der Waals surface area contributed by atoms with Gasteiger partial charge in [-0.15, -0.1) is 0 Å². The Morgan fingerprint density at radius 3 is 2.71 bits per heavy atom. The van der Waals surface area contributed by atoms with Crippen molar-refractivity contribution in [1.29, 1.82) is 0 Å². The SMILES string of the molecule is CC[C@@H](C)Nc1ccc(OC)c(F)c1. The summed E-state index contributed by atoms with van der Waals surface area (Å²) >= 11 is 0. The Balaban J connectivity index is 2.76. The van der Waals surface area contributed by atoms with E-state index in [4.69, 9.17) is 4.74 Å². The highest BCUT2D eigenvalue weighted by Crippen LogP contribution is 2.21. The standard InChI is InChI=1S/C11H16FNO/c1-4-8(2)13-9-5-6-11(14-3)10(12)7-9/h5-8,13H,4H2,1-3H3/t8-/m1/s1. The summed E-state index contributed by atoms with van der Waals surface area (Å²) in [7, 11) is 1.46. The molecule has 0 spiro atoms. The third kappa shape index (κ3) is 2.62. The molecule has 0 bridgehead atoms. The Labute approximate surface area is 84.1 Å². The molecule has 0 unspecified atom stereocenters. The van der Waals surface area contributed by atoms with Gasteiger partial charge in [0, 0.05) is 17.8 Å². The molecule has 0 aliphatic heterocycles. The second-order valence-electron chi connectivity index (χ2n) is 3.30. The quantitative estimate of drug-likeness (QED) is 0.801. The lowest BCUT2D eigenvalue weighted by Gasteiger charge is -2.13. The van der Waals surface area contributed by atoms with E-state index in [1.165, 1.54) is 13.2 Å². The van der Waals surface area contributed by atoms with Crippen molar-refractivity contribution >= 4 is 5.69 Å². The molecule has 1 atom stereocenters. The zero-order chi connectivity index (χ0) is 10.6. The first-order valence-corrected chi connectivity index (χ1v) is 4.77. The molecule has 1 N–H and O–H groups in total. The highest BCUT2D eigenvalue weighted by Gasteiger charge is 2.04. The zero-order valence-electron chi connectivity index (χ0n) is 8.80. The van der Waals surface area contributed by atoms with E-state index in [0.717, 1.165) is 12.1 Å². The van der Waals surface area contributed by atoms with Crippen LogP contribution >= 0.6 is 0 Å². The lowest BCUT2D eigenvalue weighted by atomic mass is 10.2. The molecule has 1 rings (SSSR count). The number of hydrogen-bond acceptors (Lipinski definition) is 2. The van der Waals surface area contributed by atoms with Crippen molar-refractivity contribution < 1.29 is 9.13 Å². The topological polar surface area (TPSA) is 21.3 Å². The average Bonchev–Trinajstić information content (AvgIpc) is 2.18. The van der Waals surface area contributed by atoms with Gasteiger partial charge in [-0.1, -0.05) is 6.92 Å². The third-order valence-corrected chi connectivity index (χ3v) is 2.18. The molecule has 0 amide bonds. The molecule has 1 aromatic carbocycles. The van der Waals surface area contributed by atoms with Gasteiger partial charge in [0.2, 0.25) is 0 Å². The summed E-state index contributed by atoms with van der Waals surface area (Å²) in [4.78, 5) is 0. The van der Waals surface area contributed by atoms with Gasteiger partial charge in [0.15, 0.2) is 11.6 Å². The molecule has 0 aliphatic rings. The average molecular weight is 197 g/mol. The zero-order valence-corrected chi connectivity index (χ0v) is 8.80. The Kier molecular flexibility index (Phi) is 3.74. The van der Waals surface area contributed by atoms with E-state index < -0.39 is 0 Å². The van der Waals surface area contributed by atoms with Gasteiger partial charge in [-0.2, -0.15) is 0 Å². The molecule has 78 valence electrons. The van der Waals surface area contributed by atoms with Gasteiger partial charge in [0.1, 0.15) is 0 Å². The molecule has 0 aromatic heterocycles. The fraction of sp³-hybridized carbons (Fsp3) is 0.455. The second-order valence-corrected chi connectivity index (χ2v) is 3.30. The maximum Gasteiger partial charge on any atom is 0.167 e. The van der Waals surface area contributed by atoms with Crippen LogP contribution in [0.4, 0.5) is 10.1 Å². The Morgan fingerprint density at radius 1 is 1.50 bits per heavy atom. The largest absolute Gasteiger partial charge is 0.494 e. The lowest BCUT2D eigenvalue weighted by Crippen LogP contribution is -2.13. The molecular weight excluding hydrogens is 181 g/mol. The first-order chi connectivity index (χ1) is 6.67.